The summed E-state index contributed by atoms with van der Waals surface area (Å²) in [5.41, 5.74) is 1.63. The van der Waals surface area contributed by atoms with Crippen LogP contribution in [-0.4, -0.2) is 22.3 Å². The molecular weight excluding hydrogens is 322 g/mol. The molecule has 0 saturated carbocycles. The lowest BCUT2D eigenvalue weighted by Gasteiger charge is -2.08. The number of anilines is 1. The van der Waals surface area contributed by atoms with Crippen LogP contribution in [0.25, 0.3) is 11.0 Å². The van der Waals surface area contributed by atoms with E-state index in [0.717, 1.165) is 23.8 Å². The zero-order valence-electron chi connectivity index (χ0n) is 14.1. The molecule has 2 heterocycles. The minimum atomic E-state index is -0.387. The molecule has 25 heavy (non-hydrogen) atoms. The molecule has 7 nitrogen and oxygen atoms in total. The number of rotatable bonds is 6. The number of aryl methyl sites for hydroxylation is 2. The zero-order valence-corrected chi connectivity index (χ0v) is 14.1. The molecule has 0 radical (unpaired) electrons. The smallest absolute Gasteiger partial charge is 0.336 e. The zero-order chi connectivity index (χ0) is 17.8. The quantitative estimate of drug-likeness (QED) is 0.696. The van der Waals surface area contributed by atoms with E-state index in [1.54, 1.807) is 36.3 Å². The Hall–Kier alpha value is -3.09. The van der Waals surface area contributed by atoms with E-state index in [-0.39, 0.29) is 18.1 Å². The second-order valence-corrected chi connectivity index (χ2v) is 5.74. The molecule has 7 heteroatoms. The fraction of sp³-hybridized carbons (Fsp3) is 0.278. The number of amides is 1. The maximum Gasteiger partial charge on any atom is 0.336 e. The minimum absolute atomic E-state index is 0.153. The van der Waals surface area contributed by atoms with Gasteiger partial charge < -0.3 is 14.5 Å². The molecule has 1 aromatic carbocycles. The number of carbonyl (C=O) groups excluding carboxylic acids is 1. The van der Waals surface area contributed by atoms with E-state index >= 15 is 0 Å². The monoisotopic (exact) mass is 341 g/mol. The van der Waals surface area contributed by atoms with Crippen LogP contribution >= 0.6 is 0 Å². The SMILES string of the molecule is CCCc1cc(=O)oc2cc(OCC(=O)Nc3cnn(C)c3)ccc12. The highest BCUT2D eigenvalue weighted by molar-refractivity contribution is 5.91. The number of nitrogens with zero attached hydrogens (tertiary/aromatic N) is 2. The van der Waals surface area contributed by atoms with Crippen LogP contribution in [0.1, 0.15) is 18.9 Å². The van der Waals surface area contributed by atoms with Crippen molar-refractivity contribution in [3.63, 3.8) is 0 Å². The van der Waals surface area contributed by atoms with Gasteiger partial charge in [0.1, 0.15) is 11.3 Å². The summed E-state index contributed by atoms with van der Waals surface area (Å²) in [6.07, 6.45) is 4.98. The molecule has 0 saturated heterocycles. The Labute approximate surface area is 144 Å². The van der Waals surface area contributed by atoms with Crippen molar-refractivity contribution in [3.8, 4) is 5.75 Å². The predicted molar refractivity (Wildman–Crippen MR) is 93.8 cm³/mol. The van der Waals surface area contributed by atoms with Crippen molar-refractivity contribution in [2.24, 2.45) is 7.05 Å². The van der Waals surface area contributed by atoms with Crippen LogP contribution in [-0.2, 0) is 18.3 Å². The highest BCUT2D eigenvalue weighted by Crippen LogP contribution is 2.23. The summed E-state index contributed by atoms with van der Waals surface area (Å²) in [5, 5.41) is 7.54. The van der Waals surface area contributed by atoms with Crippen LogP contribution in [0.15, 0.2) is 45.9 Å². The highest BCUT2D eigenvalue weighted by Gasteiger charge is 2.09. The number of aromatic nitrogens is 2. The third-order valence-corrected chi connectivity index (χ3v) is 3.68. The Kier molecular flexibility index (Phi) is 4.83. The van der Waals surface area contributed by atoms with E-state index < -0.39 is 0 Å². The standard InChI is InChI=1S/C18H19N3O4/c1-3-4-12-7-18(23)25-16-8-14(5-6-15(12)16)24-11-17(22)20-13-9-19-21(2)10-13/h5-10H,3-4,11H2,1-2H3,(H,20,22). The minimum Gasteiger partial charge on any atom is -0.484 e. The Morgan fingerprint density at radius 2 is 2.20 bits per heavy atom. The predicted octanol–water partition coefficient (Wildman–Crippen LogP) is 2.50. The van der Waals surface area contributed by atoms with Gasteiger partial charge in [-0.2, -0.15) is 5.10 Å². The second kappa shape index (κ2) is 7.21. The fourth-order valence-corrected chi connectivity index (χ4v) is 2.61. The van der Waals surface area contributed by atoms with E-state index in [9.17, 15) is 9.59 Å². The van der Waals surface area contributed by atoms with Gasteiger partial charge in [0, 0.05) is 30.8 Å². The van der Waals surface area contributed by atoms with Gasteiger partial charge in [-0.25, -0.2) is 4.79 Å². The van der Waals surface area contributed by atoms with Crippen molar-refractivity contribution in [2.75, 3.05) is 11.9 Å². The Balaban J connectivity index is 1.71. The van der Waals surface area contributed by atoms with Crippen molar-refractivity contribution in [3.05, 3.63) is 52.6 Å². The molecule has 0 aliphatic carbocycles. The average Bonchev–Trinajstić information content (AvgIpc) is 2.97. The molecule has 0 unspecified atom stereocenters. The van der Waals surface area contributed by atoms with Gasteiger partial charge in [-0.1, -0.05) is 13.3 Å². The Morgan fingerprint density at radius 1 is 1.36 bits per heavy atom. The molecule has 3 aromatic rings. The molecule has 0 atom stereocenters. The lowest BCUT2D eigenvalue weighted by molar-refractivity contribution is -0.118. The molecule has 130 valence electrons. The van der Waals surface area contributed by atoms with Gasteiger partial charge in [-0.05, 0) is 24.1 Å². The van der Waals surface area contributed by atoms with Crippen LogP contribution in [0.3, 0.4) is 0 Å². The van der Waals surface area contributed by atoms with Crippen LogP contribution in [0.5, 0.6) is 5.75 Å². The van der Waals surface area contributed by atoms with E-state index in [4.69, 9.17) is 9.15 Å². The summed E-state index contributed by atoms with van der Waals surface area (Å²) >= 11 is 0. The number of hydrogen-bond acceptors (Lipinski definition) is 5. The first-order valence-corrected chi connectivity index (χ1v) is 8.03. The lowest BCUT2D eigenvalue weighted by atomic mass is 10.1. The van der Waals surface area contributed by atoms with E-state index in [1.807, 2.05) is 6.07 Å². The third kappa shape index (κ3) is 4.06. The van der Waals surface area contributed by atoms with Crippen molar-refractivity contribution in [2.45, 2.75) is 19.8 Å². The van der Waals surface area contributed by atoms with Crippen molar-refractivity contribution in [1.29, 1.82) is 0 Å². The van der Waals surface area contributed by atoms with Gasteiger partial charge in [-0.3, -0.25) is 9.48 Å². The second-order valence-electron chi connectivity index (χ2n) is 5.74. The van der Waals surface area contributed by atoms with Gasteiger partial charge in [0.2, 0.25) is 0 Å². The van der Waals surface area contributed by atoms with E-state index in [1.165, 1.54) is 6.07 Å². The van der Waals surface area contributed by atoms with Crippen LogP contribution in [0.2, 0.25) is 0 Å². The number of benzene rings is 1. The molecule has 0 aliphatic rings. The first kappa shape index (κ1) is 16.8. The Morgan fingerprint density at radius 3 is 2.92 bits per heavy atom. The third-order valence-electron chi connectivity index (χ3n) is 3.68. The highest BCUT2D eigenvalue weighted by atomic mass is 16.5. The molecule has 1 N–H and O–H groups in total. The summed E-state index contributed by atoms with van der Waals surface area (Å²) in [4.78, 5) is 23.6. The van der Waals surface area contributed by atoms with Crippen molar-refractivity contribution >= 4 is 22.6 Å². The van der Waals surface area contributed by atoms with Gasteiger partial charge >= 0.3 is 5.63 Å². The molecule has 1 amide bonds. The van der Waals surface area contributed by atoms with Crippen LogP contribution in [0, 0.1) is 0 Å². The maximum absolute atomic E-state index is 11.9. The molecule has 0 bridgehead atoms. The van der Waals surface area contributed by atoms with Gasteiger partial charge in [0.05, 0.1) is 11.9 Å². The number of nitrogens with one attached hydrogen (secondary N) is 1. The summed E-state index contributed by atoms with van der Waals surface area (Å²) in [5.74, 6) is 0.167. The topological polar surface area (TPSA) is 86.4 Å². The van der Waals surface area contributed by atoms with Gasteiger partial charge in [0.25, 0.3) is 5.91 Å². The van der Waals surface area contributed by atoms with Crippen LogP contribution < -0.4 is 15.7 Å². The summed E-state index contributed by atoms with van der Waals surface area (Å²) in [6.45, 7) is 1.90. The molecule has 0 spiro atoms. The van der Waals surface area contributed by atoms with Crippen molar-refractivity contribution in [1.82, 2.24) is 9.78 Å². The molecule has 3 rings (SSSR count). The van der Waals surface area contributed by atoms with Gasteiger partial charge in [-0.15, -0.1) is 0 Å². The molecule has 2 aromatic heterocycles. The molecule has 0 fully saturated rings. The van der Waals surface area contributed by atoms with E-state index in [0.29, 0.717) is 17.0 Å². The normalized spacial score (nSPS) is 10.8. The first-order chi connectivity index (χ1) is 12.0. The van der Waals surface area contributed by atoms with E-state index in [2.05, 4.69) is 17.3 Å². The summed E-state index contributed by atoms with van der Waals surface area (Å²) in [7, 11) is 1.77. The van der Waals surface area contributed by atoms with Crippen molar-refractivity contribution < 1.29 is 13.9 Å². The average molecular weight is 341 g/mol. The first-order valence-electron chi connectivity index (χ1n) is 8.03. The number of hydrogen-bond donors (Lipinski definition) is 1. The number of fused-ring (bicyclic) bond motifs is 1. The Bertz CT molecular complexity index is 958. The largest absolute Gasteiger partial charge is 0.484 e. The molecular formula is C18H19N3O4. The number of carbonyl (C=O) groups is 1. The maximum atomic E-state index is 11.9. The lowest BCUT2D eigenvalue weighted by Crippen LogP contribution is -2.19. The fourth-order valence-electron chi connectivity index (χ4n) is 2.61. The molecule has 0 aliphatic heterocycles. The van der Waals surface area contributed by atoms with Crippen LogP contribution in [0.4, 0.5) is 5.69 Å². The summed E-state index contributed by atoms with van der Waals surface area (Å²) < 4.78 is 12.3. The number of ether oxygens (including phenoxy) is 1. The summed E-state index contributed by atoms with van der Waals surface area (Å²) in [6, 6.07) is 6.76. The van der Waals surface area contributed by atoms with Gasteiger partial charge in [0.15, 0.2) is 6.61 Å².